The van der Waals surface area contributed by atoms with E-state index < -0.39 is 12.4 Å². The number of ether oxygens (including phenoxy) is 1. The highest BCUT2D eigenvalue weighted by Crippen LogP contribution is 2.25. The molecule has 0 aliphatic heterocycles. The van der Waals surface area contributed by atoms with Crippen molar-refractivity contribution < 1.29 is 27.5 Å². The van der Waals surface area contributed by atoms with Gasteiger partial charge < -0.3 is 20.3 Å². The monoisotopic (exact) mass is 409 g/mol. The maximum absolute atomic E-state index is 12.4. The summed E-state index contributed by atoms with van der Waals surface area (Å²) in [7, 11) is 1.67. The van der Waals surface area contributed by atoms with Crippen LogP contribution in [0.25, 0.3) is 0 Å². The Bertz CT molecular complexity index is 813. The Morgan fingerprint density at radius 1 is 1.00 bits per heavy atom. The third-order valence-electron chi connectivity index (χ3n) is 3.95. The maximum Gasteiger partial charge on any atom is 0.573 e. The lowest BCUT2D eigenvalue weighted by atomic mass is 10.2. The summed E-state index contributed by atoms with van der Waals surface area (Å²) in [5.41, 5.74) is 1.17. The van der Waals surface area contributed by atoms with E-state index in [1.54, 1.807) is 18.0 Å². The Labute approximate surface area is 166 Å². The number of rotatable bonds is 8. The molecule has 0 bridgehead atoms. The van der Waals surface area contributed by atoms with E-state index in [9.17, 15) is 22.8 Å². The summed E-state index contributed by atoms with van der Waals surface area (Å²) in [5, 5.41) is 4.96. The average molecular weight is 409 g/mol. The van der Waals surface area contributed by atoms with Crippen molar-refractivity contribution in [2.45, 2.75) is 25.9 Å². The van der Waals surface area contributed by atoms with Gasteiger partial charge in [-0.1, -0.05) is 48.5 Å². The van der Waals surface area contributed by atoms with Gasteiger partial charge in [-0.25, -0.2) is 4.79 Å². The van der Waals surface area contributed by atoms with E-state index in [1.807, 2.05) is 30.3 Å². The number of amides is 3. The first-order valence-electron chi connectivity index (χ1n) is 8.88. The molecule has 0 saturated heterocycles. The van der Waals surface area contributed by atoms with Crippen LogP contribution in [0.1, 0.15) is 17.5 Å². The number of benzene rings is 2. The van der Waals surface area contributed by atoms with Crippen LogP contribution in [0, 0.1) is 0 Å². The number of para-hydroxylation sites is 1. The van der Waals surface area contributed by atoms with Crippen LogP contribution in [-0.2, 0) is 17.9 Å². The second-order valence-electron chi connectivity index (χ2n) is 6.25. The predicted molar refractivity (Wildman–Crippen MR) is 101 cm³/mol. The molecular weight excluding hydrogens is 387 g/mol. The fourth-order valence-corrected chi connectivity index (χ4v) is 2.53. The zero-order chi connectivity index (χ0) is 21.3. The molecule has 2 aromatic rings. The molecule has 6 nitrogen and oxygen atoms in total. The van der Waals surface area contributed by atoms with E-state index in [4.69, 9.17) is 0 Å². The number of hydrogen-bond donors (Lipinski definition) is 2. The molecule has 0 heterocycles. The quantitative estimate of drug-likeness (QED) is 0.702. The van der Waals surface area contributed by atoms with Crippen molar-refractivity contribution in [3.63, 3.8) is 0 Å². The third kappa shape index (κ3) is 8.12. The molecule has 2 rings (SSSR count). The molecule has 156 valence electrons. The Balaban J connectivity index is 1.73. The van der Waals surface area contributed by atoms with Crippen molar-refractivity contribution in [1.29, 1.82) is 0 Å². The smallest absolute Gasteiger partial charge is 0.405 e. The van der Waals surface area contributed by atoms with E-state index in [0.29, 0.717) is 6.54 Å². The van der Waals surface area contributed by atoms with Crippen LogP contribution in [0.15, 0.2) is 54.6 Å². The van der Waals surface area contributed by atoms with E-state index in [1.165, 1.54) is 18.2 Å². The van der Waals surface area contributed by atoms with Crippen molar-refractivity contribution in [3.8, 4) is 5.75 Å². The van der Waals surface area contributed by atoms with Crippen molar-refractivity contribution in [1.82, 2.24) is 15.5 Å². The number of hydrogen-bond acceptors (Lipinski definition) is 3. The van der Waals surface area contributed by atoms with Crippen LogP contribution >= 0.6 is 0 Å². The van der Waals surface area contributed by atoms with Gasteiger partial charge in [0.25, 0.3) is 0 Å². The second kappa shape index (κ2) is 10.4. The molecule has 0 spiro atoms. The van der Waals surface area contributed by atoms with Crippen molar-refractivity contribution in [2.75, 3.05) is 13.6 Å². The Kier molecular flexibility index (Phi) is 7.88. The van der Waals surface area contributed by atoms with Gasteiger partial charge in [-0.3, -0.25) is 4.79 Å². The molecule has 0 radical (unpaired) electrons. The highest BCUT2D eigenvalue weighted by atomic mass is 19.4. The van der Waals surface area contributed by atoms with Crippen LogP contribution in [0.5, 0.6) is 5.75 Å². The number of carbonyl (C=O) groups excluding carboxylic acids is 2. The fraction of sp³-hybridized carbons (Fsp3) is 0.300. The van der Waals surface area contributed by atoms with Crippen molar-refractivity contribution in [3.05, 3.63) is 65.7 Å². The molecule has 0 aromatic heterocycles. The molecule has 3 amide bonds. The van der Waals surface area contributed by atoms with Crippen molar-refractivity contribution in [2.24, 2.45) is 0 Å². The summed E-state index contributed by atoms with van der Waals surface area (Å²) >= 11 is 0. The third-order valence-corrected chi connectivity index (χ3v) is 3.95. The van der Waals surface area contributed by atoms with E-state index in [-0.39, 0.29) is 36.7 Å². The molecule has 29 heavy (non-hydrogen) atoms. The van der Waals surface area contributed by atoms with Crippen LogP contribution in [0.4, 0.5) is 18.0 Å². The Hall–Kier alpha value is -3.23. The maximum atomic E-state index is 12.4. The van der Waals surface area contributed by atoms with Gasteiger partial charge in [-0.05, 0) is 11.6 Å². The predicted octanol–water partition coefficient (Wildman–Crippen LogP) is 3.43. The number of nitrogens with one attached hydrogen (secondary N) is 2. The van der Waals surface area contributed by atoms with Crippen LogP contribution in [-0.4, -0.2) is 36.8 Å². The fourth-order valence-electron chi connectivity index (χ4n) is 2.53. The average Bonchev–Trinajstić information content (AvgIpc) is 2.66. The second-order valence-corrected chi connectivity index (χ2v) is 6.25. The van der Waals surface area contributed by atoms with Crippen LogP contribution in [0.3, 0.4) is 0 Å². The minimum absolute atomic E-state index is 0.102. The normalized spacial score (nSPS) is 10.9. The van der Waals surface area contributed by atoms with E-state index in [0.717, 1.165) is 5.56 Å². The summed E-state index contributed by atoms with van der Waals surface area (Å²) in [6, 6.07) is 14.4. The van der Waals surface area contributed by atoms with Gasteiger partial charge in [0.15, 0.2) is 0 Å². The standard InChI is InChI=1S/C20H22F3N3O3/c1-26(14-15-7-3-2-4-8-15)18(27)11-12-24-19(28)25-13-16-9-5-6-10-17(16)29-20(21,22)23/h2-10H,11-14H2,1H3,(H2,24,25,28). The van der Waals surface area contributed by atoms with Gasteiger partial charge in [-0.2, -0.15) is 0 Å². The first-order chi connectivity index (χ1) is 13.7. The van der Waals surface area contributed by atoms with Gasteiger partial charge in [0.1, 0.15) is 5.75 Å². The zero-order valence-electron chi connectivity index (χ0n) is 15.8. The first-order valence-corrected chi connectivity index (χ1v) is 8.88. The lowest BCUT2D eigenvalue weighted by molar-refractivity contribution is -0.274. The van der Waals surface area contributed by atoms with Gasteiger partial charge in [0.05, 0.1) is 0 Å². The lowest BCUT2D eigenvalue weighted by Gasteiger charge is -2.17. The number of carbonyl (C=O) groups is 2. The molecule has 0 atom stereocenters. The largest absolute Gasteiger partial charge is 0.573 e. The first kappa shape index (κ1) is 22.1. The topological polar surface area (TPSA) is 70.7 Å². The molecule has 0 aliphatic carbocycles. The molecule has 0 saturated carbocycles. The van der Waals surface area contributed by atoms with Gasteiger partial charge in [0, 0.05) is 38.7 Å². The van der Waals surface area contributed by atoms with Gasteiger partial charge in [0.2, 0.25) is 5.91 Å². The summed E-state index contributed by atoms with van der Waals surface area (Å²) < 4.78 is 41.2. The summed E-state index contributed by atoms with van der Waals surface area (Å²) in [6.45, 7) is 0.409. The lowest BCUT2D eigenvalue weighted by Crippen LogP contribution is -2.37. The van der Waals surface area contributed by atoms with Crippen LogP contribution < -0.4 is 15.4 Å². The minimum atomic E-state index is -4.81. The molecule has 0 aliphatic rings. The zero-order valence-corrected chi connectivity index (χ0v) is 15.8. The summed E-state index contributed by atoms with van der Waals surface area (Å²) in [6.07, 6.45) is -4.71. The van der Waals surface area contributed by atoms with E-state index >= 15 is 0 Å². The van der Waals surface area contributed by atoms with Gasteiger partial charge >= 0.3 is 12.4 Å². The Morgan fingerprint density at radius 2 is 1.66 bits per heavy atom. The van der Waals surface area contributed by atoms with Crippen LogP contribution in [0.2, 0.25) is 0 Å². The molecule has 2 aromatic carbocycles. The number of nitrogens with zero attached hydrogens (tertiary/aromatic N) is 1. The van der Waals surface area contributed by atoms with Crippen molar-refractivity contribution >= 4 is 11.9 Å². The minimum Gasteiger partial charge on any atom is -0.405 e. The number of urea groups is 1. The molecule has 0 unspecified atom stereocenters. The SMILES string of the molecule is CN(Cc1ccccc1)C(=O)CCNC(=O)NCc1ccccc1OC(F)(F)F. The van der Waals surface area contributed by atoms with Gasteiger partial charge in [-0.15, -0.1) is 13.2 Å². The molecule has 2 N–H and O–H groups in total. The Morgan fingerprint density at radius 3 is 2.34 bits per heavy atom. The summed E-state index contributed by atoms with van der Waals surface area (Å²) in [4.78, 5) is 25.5. The molecule has 0 fully saturated rings. The highest BCUT2D eigenvalue weighted by Gasteiger charge is 2.31. The summed E-state index contributed by atoms with van der Waals surface area (Å²) in [5.74, 6) is -0.518. The van der Waals surface area contributed by atoms with E-state index in [2.05, 4.69) is 15.4 Å². The highest BCUT2D eigenvalue weighted by molar-refractivity contribution is 5.78. The molecule has 9 heteroatoms. The molecular formula is C20H22F3N3O3. The number of alkyl halides is 3. The number of halogens is 3.